The van der Waals surface area contributed by atoms with Gasteiger partial charge in [-0.2, -0.15) is 0 Å². The quantitative estimate of drug-likeness (QED) is 0.539. The zero-order valence-electron chi connectivity index (χ0n) is 14.3. The maximum atomic E-state index is 14.1. The zero-order chi connectivity index (χ0) is 18.7. The molecule has 140 valence electrons. The molecule has 2 rings (SSSR count). The molecule has 8 heteroatoms. The van der Waals surface area contributed by atoms with E-state index in [9.17, 15) is 22.2 Å². The van der Waals surface area contributed by atoms with Crippen molar-refractivity contribution >= 4 is 16.1 Å². The van der Waals surface area contributed by atoms with Crippen LogP contribution in [0.4, 0.5) is 4.39 Å². The van der Waals surface area contributed by atoms with Gasteiger partial charge in [0.25, 0.3) is 0 Å². The Hall–Kier alpha value is -1.67. The number of carbonyl (C=O) groups is 1. The fourth-order valence-electron chi connectivity index (χ4n) is 3.02. The Morgan fingerprint density at radius 1 is 1.32 bits per heavy atom. The summed E-state index contributed by atoms with van der Waals surface area (Å²) >= 11 is 0. The van der Waals surface area contributed by atoms with E-state index >= 15 is 0 Å². The van der Waals surface area contributed by atoms with Gasteiger partial charge in [0.15, 0.2) is 11.6 Å². The van der Waals surface area contributed by atoms with E-state index in [2.05, 4.69) is 0 Å². The molecule has 0 bridgehead atoms. The van der Waals surface area contributed by atoms with Gasteiger partial charge in [-0.15, -0.1) is 0 Å². The summed E-state index contributed by atoms with van der Waals surface area (Å²) in [5, 5.41) is 0. The predicted octanol–water partition coefficient (Wildman–Crippen LogP) is 2.88. The Morgan fingerprint density at radius 3 is 2.52 bits per heavy atom. The highest BCUT2D eigenvalue weighted by Crippen LogP contribution is 2.40. The van der Waals surface area contributed by atoms with Crippen molar-refractivity contribution < 1.29 is 31.6 Å². The summed E-state index contributed by atoms with van der Waals surface area (Å²) in [6.07, 6.45) is 3.65. The van der Waals surface area contributed by atoms with Gasteiger partial charge in [0, 0.05) is 0 Å². The minimum Gasteiger partial charge on any atom is -0.748 e. The van der Waals surface area contributed by atoms with E-state index in [0.717, 1.165) is 31.7 Å². The maximum absolute atomic E-state index is 14.1. The molecule has 0 aliphatic heterocycles. The molecule has 0 saturated heterocycles. The first kappa shape index (κ1) is 19.7. The summed E-state index contributed by atoms with van der Waals surface area (Å²) in [6.45, 7) is 3.49. The summed E-state index contributed by atoms with van der Waals surface area (Å²) in [5.41, 5.74) is -0.420. The third-order valence-electron chi connectivity index (χ3n) is 4.55. The van der Waals surface area contributed by atoms with E-state index < -0.39 is 39.9 Å². The summed E-state index contributed by atoms with van der Waals surface area (Å²) in [5.74, 6) is -2.06. The van der Waals surface area contributed by atoms with Gasteiger partial charge in [-0.3, -0.25) is 0 Å². The zero-order valence-corrected chi connectivity index (χ0v) is 15.1. The number of hydrogen-bond acceptors (Lipinski definition) is 6. The molecule has 0 radical (unpaired) electrons. The van der Waals surface area contributed by atoms with E-state index in [1.165, 1.54) is 12.1 Å². The SMILES string of the molecule is CC(C)C1(Oc2cc(C(=O)OCCS(=O)(=O)[O-])ccc2F)CCCC1. The minimum absolute atomic E-state index is 0.0264. The van der Waals surface area contributed by atoms with Crippen molar-refractivity contribution in [2.24, 2.45) is 5.92 Å². The van der Waals surface area contributed by atoms with Gasteiger partial charge in [0.1, 0.15) is 12.2 Å². The molecule has 0 spiro atoms. The van der Waals surface area contributed by atoms with Crippen LogP contribution in [0.25, 0.3) is 0 Å². The Labute approximate surface area is 147 Å². The van der Waals surface area contributed by atoms with Crippen LogP contribution in [0.5, 0.6) is 5.75 Å². The van der Waals surface area contributed by atoms with Gasteiger partial charge in [0.2, 0.25) is 0 Å². The lowest BCUT2D eigenvalue weighted by molar-refractivity contribution is 0.0248. The number of halogens is 1. The first-order valence-electron chi connectivity index (χ1n) is 8.22. The van der Waals surface area contributed by atoms with Crippen LogP contribution in [-0.4, -0.2) is 36.9 Å². The third kappa shape index (κ3) is 5.15. The van der Waals surface area contributed by atoms with Crippen LogP contribution in [0.15, 0.2) is 18.2 Å². The molecule has 1 aromatic rings. The van der Waals surface area contributed by atoms with Gasteiger partial charge in [-0.05, 0) is 49.8 Å². The van der Waals surface area contributed by atoms with E-state index in [-0.39, 0.29) is 17.2 Å². The van der Waals surface area contributed by atoms with Gasteiger partial charge in [-0.25, -0.2) is 17.6 Å². The lowest BCUT2D eigenvalue weighted by atomic mass is 9.88. The number of ether oxygens (including phenoxy) is 2. The lowest BCUT2D eigenvalue weighted by Gasteiger charge is -2.34. The molecule has 25 heavy (non-hydrogen) atoms. The normalized spacial score (nSPS) is 16.8. The Morgan fingerprint density at radius 2 is 1.96 bits per heavy atom. The second-order valence-electron chi connectivity index (χ2n) is 6.57. The van der Waals surface area contributed by atoms with Crippen molar-refractivity contribution in [3.05, 3.63) is 29.6 Å². The number of esters is 1. The lowest BCUT2D eigenvalue weighted by Crippen LogP contribution is -2.38. The van der Waals surface area contributed by atoms with E-state index in [1.807, 2.05) is 13.8 Å². The van der Waals surface area contributed by atoms with Crippen LogP contribution < -0.4 is 4.74 Å². The maximum Gasteiger partial charge on any atom is 0.338 e. The molecule has 1 fully saturated rings. The van der Waals surface area contributed by atoms with Crippen molar-refractivity contribution in [1.82, 2.24) is 0 Å². The number of hydrogen-bond donors (Lipinski definition) is 0. The molecule has 6 nitrogen and oxygen atoms in total. The fourth-order valence-corrected chi connectivity index (χ4v) is 3.31. The highest BCUT2D eigenvalue weighted by atomic mass is 32.2. The molecular weight excluding hydrogens is 351 g/mol. The first-order valence-corrected chi connectivity index (χ1v) is 9.80. The molecular formula is C17H22FO6S-. The minimum atomic E-state index is -4.46. The average Bonchev–Trinajstić information content (AvgIpc) is 2.98. The Balaban J connectivity index is 2.13. The van der Waals surface area contributed by atoms with E-state index in [0.29, 0.717) is 0 Å². The molecule has 0 amide bonds. The van der Waals surface area contributed by atoms with E-state index in [1.54, 1.807) is 0 Å². The molecule has 0 aromatic heterocycles. The van der Waals surface area contributed by atoms with Crippen LogP contribution in [-0.2, 0) is 14.9 Å². The first-order chi connectivity index (χ1) is 11.6. The largest absolute Gasteiger partial charge is 0.748 e. The average molecular weight is 373 g/mol. The molecule has 0 heterocycles. The van der Waals surface area contributed by atoms with Gasteiger partial charge in [0.05, 0.1) is 21.4 Å². The second kappa shape index (κ2) is 7.70. The Bertz CT molecular complexity index is 723. The topological polar surface area (TPSA) is 92.7 Å². The van der Waals surface area contributed by atoms with Gasteiger partial charge < -0.3 is 14.0 Å². The molecule has 0 N–H and O–H groups in total. The van der Waals surface area contributed by atoms with Crippen molar-refractivity contribution in [3.63, 3.8) is 0 Å². The fraction of sp³-hybridized carbons (Fsp3) is 0.588. The van der Waals surface area contributed by atoms with Crippen LogP contribution in [0.2, 0.25) is 0 Å². The molecule has 1 saturated carbocycles. The standard InChI is InChI=1S/C17H23FO6S/c1-12(2)17(7-3-4-8-17)24-15-11-13(5-6-14(15)18)16(19)23-9-10-25(20,21)22/h5-6,11-12H,3-4,7-10H2,1-2H3,(H,20,21,22)/p-1. The van der Waals surface area contributed by atoms with E-state index in [4.69, 9.17) is 9.47 Å². The van der Waals surface area contributed by atoms with Crippen molar-refractivity contribution in [3.8, 4) is 5.75 Å². The molecule has 1 aliphatic rings. The van der Waals surface area contributed by atoms with Crippen LogP contribution in [0.1, 0.15) is 49.9 Å². The molecule has 0 atom stereocenters. The van der Waals surface area contributed by atoms with Gasteiger partial charge >= 0.3 is 5.97 Å². The monoisotopic (exact) mass is 373 g/mol. The highest BCUT2D eigenvalue weighted by Gasteiger charge is 2.39. The highest BCUT2D eigenvalue weighted by molar-refractivity contribution is 7.85. The van der Waals surface area contributed by atoms with Crippen LogP contribution >= 0.6 is 0 Å². The smallest absolute Gasteiger partial charge is 0.338 e. The van der Waals surface area contributed by atoms with Crippen molar-refractivity contribution in [2.45, 2.75) is 45.1 Å². The molecule has 1 aliphatic carbocycles. The second-order valence-corrected chi connectivity index (χ2v) is 8.10. The van der Waals surface area contributed by atoms with Crippen molar-refractivity contribution in [1.29, 1.82) is 0 Å². The van der Waals surface area contributed by atoms with Gasteiger partial charge in [-0.1, -0.05) is 13.8 Å². The summed E-state index contributed by atoms with van der Waals surface area (Å²) in [6, 6.07) is 3.60. The summed E-state index contributed by atoms with van der Waals surface area (Å²) in [4.78, 5) is 11.9. The molecule has 0 unspecified atom stereocenters. The number of benzene rings is 1. The predicted molar refractivity (Wildman–Crippen MR) is 87.9 cm³/mol. The Kier molecular flexibility index (Phi) is 6.05. The number of carbonyl (C=O) groups excluding carboxylic acids is 1. The summed E-state index contributed by atoms with van der Waals surface area (Å²) < 4.78 is 56.4. The van der Waals surface area contributed by atoms with Crippen LogP contribution in [0.3, 0.4) is 0 Å². The molecule has 1 aromatic carbocycles. The number of rotatable bonds is 7. The van der Waals surface area contributed by atoms with Crippen molar-refractivity contribution in [2.75, 3.05) is 12.4 Å². The third-order valence-corrected chi connectivity index (χ3v) is 5.22. The summed E-state index contributed by atoms with van der Waals surface area (Å²) in [7, 11) is -4.46. The van der Waals surface area contributed by atoms with Crippen LogP contribution in [0, 0.1) is 11.7 Å².